The lowest BCUT2D eigenvalue weighted by atomic mass is 10.1. The van der Waals surface area contributed by atoms with E-state index >= 15 is 0 Å². The maximum atomic E-state index is 12.6. The van der Waals surface area contributed by atoms with Gasteiger partial charge in [0, 0.05) is 16.8 Å². The van der Waals surface area contributed by atoms with Gasteiger partial charge in [-0.1, -0.05) is 41.9 Å². The summed E-state index contributed by atoms with van der Waals surface area (Å²) in [5.74, 6) is -1.40. The van der Waals surface area contributed by atoms with Crippen LogP contribution in [0.25, 0.3) is 16.9 Å². The van der Waals surface area contributed by atoms with Crippen molar-refractivity contribution >= 4 is 23.5 Å². The van der Waals surface area contributed by atoms with Crippen LogP contribution in [0.3, 0.4) is 0 Å². The molecule has 0 radical (unpaired) electrons. The average molecular weight is 370 g/mol. The van der Waals surface area contributed by atoms with E-state index in [-0.39, 0.29) is 5.56 Å². The van der Waals surface area contributed by atoms with Crippen molar-refractivity contribution < 1.29 is 14.3 Å². The van der Waals surface area contributed by atoms with E-state index in [2.05, 4.69) is 5.10 Å². The Balaban J connectivity index is 2.05. The highest BCUT2D eigenvalue weighted by atomic mass is 35.5. The van der Waals surface area contributed by atoms with Crippen molar-refractivity contribution in [3.8, 4) is 16.9 Å². The molecule has 6 nitrogen and oxygen atoms in total. The van der Waals surface area contributed by atoms with Crippen molar-refractivity contribution in [3.63, 3.8) is 0 Å². The number of hydrogen-bond acceptors (Lipinski definition) is 4. The number of amides is 1. The fraction of sp³-hybridized carbons (Fsp3) is 0.105. The molecule has 0 saturated carbocycles. The third-order valence-corrected chi connectivity index (χ3v) is 4.01. The monoisotopic (exact) mass is 369 g/mol. The number of nitrogens with two attached hydrogens (primary N) is 1. The SMILES string of the molecule is C[C@@H](OC(=O)c1cn(-c2ccccc2)nc1-c1ccc(Cl)cc1)C(N)=O. The number of halogens is 1. The Hall–Kier alpha value is -3.12. The lowest BCUT2D eigenvalue weighted by Gasteiger charge is -2.09. The number of aromatic nitrogens is 2. The molecule has 0 saturated heterocycles. The van der Waals surface area contributed by atoms with Crippen LogP contribution in [0.4, 0.5) is 0 Å². The minimum absolute atomic E-state index is 0.226. The van der Waals surface area contributed by atoms with Crippen molar-refractivity contribution in [3.05, 3.63) is 71.4 Å². The van der Waals surface area contributed by atoms with Crippen LogP contribution in [-0.4, -0.2) is 27.8 Å². The maximum absolute atomic E-state index is 12.6. The number of carbonyl (C=O) groups is 2. The first-order chi connectivity index (χ1) is 12.5. The lowest BCUT2D eigenvalue weighted by Crippen LogP contribution is -2.30. The van der Waals surface area contributed by atoms with E-state index in [1.165, 1.54) is 6.92 Å². The number of hydrogen-bond donors (Lipinski definition) is 1. The molecule has 1 aromatic heterocycles. The molecular weight excluding hydrogens is 354 g/mol. The van der Waals surface area contributed by atoms with E-state index in [4.69, 9.17) is 22.1 Å². The summed E-state index contributed by atoms with van der Waals surface area (Å²) < 4.78 is 6.72. The number of nitrogens with zero attached hydrogens (tertiary/aromatic N) is 2. The second-order valence-electron chi connectivity index (χ2n) is 5.63. The number of carbonyl (C=O) groups excluding carboxylic acids is 2. The van der Waals surface area contributed by atoms with Gasteiger partial charge in [-0.3, -0.25) is 4.79 Å². The molecule has 0 aliphatic heterocycles. The third kappa shape index (κ3) is 3.75. The zero-order valence-corrected chi connectivity index (χ0v) is 14.7. The minimum atomic E-state index is -1.04. The number of benzene rings is 2. The number of rotatable bonds is 5. The molecule has 132 valence electrons. The van der Waals surface area contributed by atoms with Crippen LogP contribution in [0.1, 0.15) is 17.3 Å². The number of para-hydroxylation sites is 1. The Morgan fingerprint density at radius 2 is 1.77 bits per heavy atom. The van der Waals surface area contributed by atoms with Crippen molar-refractivity contribution in [1.29, 1.82) is 0 Å². The molecule has 2 aromatic carbocycles. The zero-order chi connectivity index (χ0) is 18.7. The molecule has 26 heavy (non-hydrogen) atoms. The summed E-state index contributed by atoms with van der Waals surface area (Å²) in [5.41, 5.74) is 7.30. The van der Waals surface area contributed by atoms with Crippen LogP contribution in [0, 0.1) is 0 Å². The van der Waals surface area contributed by atoms with Crippen molar-refractivity contribution in [2.45, 2.75) is 13.0 Å². The highest BCUT2D eigenvalue weighted by Gasteiger charge is 2.23. The maximum Gasteiger partial charge on any atom is 0.342 e. The molecule has 0 unspecified atom stereocenters. The van der Waals surface area contributed by atoms with E-state index in [0.717, 1.165) is 5.69 Å². The van der Waals surface area contributed by atoms with Gasteiger partial charge in [-0.05, 0) is 31.2 Å². The first kappa shape index (κ1) is 17.7. The van der Waals surface area contributed by atoms with Gasteiger partial charge in [0.05, 0.1) is 5.69 Å². The van der Waals surface area contributed by atoms with Crippen molar-refractivity contribution in [1.82, 2.24) is 9.78 Å². The summed E-state index contributed by atoms with van der Waals surface area (Å²) in [6.07, 6.45) is 0.524. The van der Waals surface area contributed by atoms with Crippen LogP contribution >= 0.6 is 11.6 Å². The Labute approximate surface area is 155 Å². The Morgan fingerprint density at radius 1 is 1.12 bits per heavy atom. The molecule has 7 heteroatoms. The molecule has 0 aliphatic rings. The normalized spacial score (nSPS) is 11.8. The minimum Gasteiger partial charge on any atom is -0.449 e. The summed E-state index contributed by atoms with van der Waals surface area (Å²) in [6, 6.07) is 16.3. The highest BCUT2D eigenvalue weighted by molar-refractivity contribution is 6.30. The zero-order valence-electron chi connectivity index (χ0n) is 13.9. The van der Waals surface area contributed by atoms with Gasteiger partial charge in [-0.15, -0.1) is 0 Å². The topological polar surface area (TPSA) is 87.2 Å². The van der Waals surface area contributed by atoms with E-state index in [9.17, 15) is 9.59 Å². The van der Waals surface area contributed by atoms with Crippen molar-refractivity contribution in [2.24, 2.45) is 5.73 Å². The second kappa shape index (κ2) is 7.41. The largest absolute Gasteiger partial charge is 0.449 e. The molecule has 2 N–H and O–H groups in total. The van der Waals surface area contributed by atoms with E-state index in [1.807, 2.05) is 30.3 Å². The van der Waals surface area contributed by atoms with E-state index in [0.29, 0.717) is 16.3 Å². The average Bonchev–Trinajstić information content (AvgIpc) is 3.08. The Kier molecular flexibility index (Phi) is 5.04. The molecule has 0 bridgehead atoms. The second-order valence-corrected chi connectivity index (χ2v) is 6.06. The van der Waals surface area contributed by atoms with Gasteiger partial charge in [0.15, 0.2) is 6.10 Å². The predicted molar refractivity (Wildman–Crippen MR) is 98.1 cm³/mol. The number of esters is 1. The molecule has 0 aliphatic carbocycles. The third-order valence-electron chi connectivity index (χ3n) is 3.76. The molecule has 1 atom stereocenters. The molecule has 3 rings (SSSR count). The van der Waals surface area contributed by atoms with Gasteiger partial charge in [-0.25, -0.2) is 9.48 Å². The Bertz CT molecular complexity index is 936. The van der Waals surface area contributed by atoms with Gasteiger partial charge in [-0.2, -0.15) is 5.10 Å². The van der Waals surface area contributed by atoms with Crippen LogP contribution in [0.5, 0.6) is 0 Å². The highest BCUT2D eigenvalue weighted by Crippen LogP contribution is 2.26. The van der Waals surface area contributed by atoms with Gasteiger partial charge >= 0.3 is 5.97 Å². The summed E-state index contributed by atoms with van der Waals surface area (Å²) in [4.78, 5) is 23.8. The molecule has 1 amide bonds. The number of primary amides is 1. The predicted octanol–water partition coefficient (Wildman–Crippen LogP) is 3.22. The molecule has 1 heterocycles. The summed E-state index contributed by atoms with van der Waals surface area (Å²) in [5, 5.41) is 5.08. The Morgan fingerprint density at radius 3 is 2.38 bits per heavy atom. The molecule has 3 aromatic rings. The number of ether oxygens (including phenoxy) is 1. The molecule has 0 fully saturated rings. The van der Waals surface area contributed by atoms with Gasteiger partial charge in [0.2, 0.25) is 0 Å². The lowest BCUT2D eigenvalue weighted by molar-refractivity contribution is -0.125. The van der Waals surface area contributed by atoms with Gasteiger partial charge in [0.25, 0.3) is 5.91 Å². The quantitative estimate of drug-likeness (QED) is 0.699. The van der Waals surface area contributed by atoms with Crippen LogP contribution < -0.4 is 5.73 Å². The van der Waals surface area contributed by atoms with Crippen LogP contribution in [-0.2, 0) is 9.53 Å². The fourth-order valence-corrected chi connectivity index (χ4v) is 2.47. The van der Waals surface area contributed by atoms with Crippen LogP contribution in [0.15, 0.2) is 60.8 Å². The van der Waals surface area contributed by atoms with Crippen molar-refractivity contribution in [2.75, 3.05) is 0 Å². The smallest absolute Gasteiger partial charge is 0.342 e. The van der Waals surface area contributed by atoms with Gasteiger partial charge < -0.3 is 10.5 Å². The summed E-state index contributed by atoms with van der Waals surface area (Å²) in [6.45, 7) is 1.42. The fourth-order valence-electron chi connectivity index (χ4n) is 2.34. The van der Waals surface area contributed by atoms with Crippen LogP contribution in [0.2, 0.25) is 5.02 Å². The van der Waals surface area contributed by atoms with E-state index in [1.54, 1.807) is 35.1 Å². The summed E-state index contributed by atoms with van der Waals surface area (Å²) in [7, 11) is 0. The molecule has 0 spiro atoms. The van der Waals surface area contributed by atoms with E-state index < -0.39 is 18.0 Å². The standard InChI is InChI=1S/C19H16ClN3O3/c1-12(18(21)24)26-19(25)16-11-23(15-5-3-2-4-6-15)22-17(16)13-7-9-14(20)10-8-13/h2-12H,1H3,(H2,21,24)/t12-/m1/s1. The molecular formula is C19H16ClN3O3. The van der Waals surface area contributed by atoms with Gasteiger partial charge in [0.1, 0.15) is 11.3 Å². The summed E-state index contributed by atoms with van der Waals surface area (Å²) >= 11 is 5.94. The first-order valence-electron chi connectivity index (χ1n) is 7.87. The first-order valence-corrected chi connectivity index (χ1v) is 8.25.